The van der Waals surface area contributed by atoms with Crippen molar-refractivity contribution in [2.24, 2.45) is 16.6 Å². The van der Waals surface area contributed by atoms with Crippen LogP contribution >= 0.6 is 0 Å². The third kappa shape index (κ3) is 2.47. The van der Waals surface area contributed by atoms with Crippen LogP contribution in [0.1, 0.15) is 38.3 Å². The van der Waals surface area contributed by atoms with E-state index in [2.05, 4.69) is 35.1 Å². The van der Waals surface area contributed by atoms with Crippen molar-refractivity contribution in [2.75, 3.05) is 19.6 Å². The number of benzene rings is 1. The summed E-state index contributed by atoms with van der Waals surface area (Å²) in [5, 5.41) is 3.48. The van der Waals surface area contributed by atoms with E-state index < -0.39 is 0 Å². The standard InChI is InChI=1S/C19H26N4O/c1-13(2)15-11-22-17(12-21-15)23-9-7-19(8-10-23)18(20)14-5-3-4-6-16(14)24-19/h3-6,11,13,18,21H,7-10,12,20H2,1-2H3/t18-/m1/s1. The topological polar surface area (TPSA) is 62.9 Å². The molecule has 5 nitrogen and oxygen atoms in total. The van der Waals surface area contributed by atoms with Crippen molar-refractivity contribution in [3.05, 3.63) is 41.7 Å². The van der Waals surface area contributed by atoms with Gasteiger partial charge in [0.25, 0.3) is 0 Å². The van der Waals surface area contributed by atoms with E-state index in [4.69, 9.17) is 10.5 Å². The van der Waals surface area contributed by atoms with Crippen LogP contribution in [0.5, 0.6) is 5.75 Å². The molecule has 3 aliphatic heterocycles. The largest absolute Gasteiger partial charge is 0.485 e. The minimum atomic E-state index is -0.248. The number of aliphatic imine (C=N–C) groups is 1. The lowest BCUT2D eigenvalue weighted by molar-refractivity contribution is 0.0165. The summed E-state index contributed by atoms with van der Waals surface area (Å²) in [6.07, 6.45) is 3.84. The summed E-state index contributed by atoms with van der Waals surface area (Å²) in [7, 11) is 0. The van der Waals surface area contributed by atoms with Gasteiger partial charge < -0.3 is 20.7 Å². The Balaban J connectivity index is 1.45. The van der Waals surface area contributed by atoms with Gasteiger partial charge in [0.2, 0.25) is 0 Å². The zero-order valence-electron chi connectivity index (χ0n) is 14.5. The average Bonchev–Trinajstić information content (AvgIpc) is 2.88. The fourth-order valence-corrected chi connectivity index (χ4v) is 3.92. The Morgan fingerprint density at radius 3 is 2.67 bits per heavy atom. The molecule has 0 bridgehead atoms. The maximum Gasteiger partial charge on any atom is 0.132 e. The highest BCUT2D eigenvalue weighted by Gasteiger charge is 2.48. The van der Waals surface area contributed by atoms with Crippen molar-refractivity contribution in [2.45, 2.75) is 38.3 Å². The molecule has 1 aromatic carbocycles. The second-order valence-corrected chi connectivity index (χ2v) is 7.31. The third-order valence-electron chi connectivity index (χ3n) is 5.53. The van der Waals surface area contributed by atoms with Crippen molar-refractivity contribution in [3.8, 4) is 5.75 Å². The summed E-state index contributed by atoms with van der Waals surface area (Å²) in [5.41, 5.74) is 8.64. The van der Waals surface area contributed by atoms with Crippen LogP contribution < -0.4 is 15.8 Å². The Labute approximate surface area is 143 Å². The lowest BCUT2D eigenvalue weighted by Gasteiger charge is -2.42. The lowest BCUT2D eigenvalue weighted by atomic mass is 9.83. The van der Waals surface area contributed by atoms with Crippen LogP contribution in [-0.4, -0.2) is 36.0 Å². The third-order valence-corrected chi connectivity index (χ3v) is 5.53. The van der Waals surface area contributed by atoms with Crippen molar-refractivity contribution < 1.29 is 4.74 Å². The maximum absolute atomic E-state index is 6.54. The molecule has 5 heteroatoms. The highest BCUT2D eigenvalue weighted by atomic mass is 16.5. The van der Waals surface area contributed by atoms with E-state index in [1.54, 1.807) is 0 Å². The molecule has 0 aromatic heterocycles. The second-order valence-electron chi connectivity index (χ2n) is 7.31. The van der Waals surface area contributed by atoms with Gasteiger partial charge in [-0.3, -0.25) is 0 Å². The molecular formula is C19H26N4O. The number of nitrogens with one attached hydrogen (secondary N) is 1. The Morgan fingerprint density at radius 1 is 1.29 bits per heavy atom. The maximum atomic E-state index is 6.54. The minimum absolute atomic E-state index is 0.0327. The Morgan fingerprint density at radius 2 is 2.04 bits per heavy atom. The van der Waals surface area contributed by atoms with Gasteiger partial charge in [-0.05, 0) is 12.0 Å². The summed E-state index contributed by atoms with van der Waals surface area (Å²) >= 11 is 0. The van der Waals surface area contributed by atoms with Gasteiger partial charge in [-0.1, -0.05) is 32.0 Å². The lowest BCUT2D eigenvalue weighted by Crippen LogP contribution is -2.54. The van der Waals surface area contributed by atoms with Gasteiger partial charge in [-0.25, -0.2) is 4.99 Å². The number of piperidine rings is 1. The second kappa shape index (κ2) is 5.81. The summed E-state index contributed by atoms with van der Waals surface area (Å²) in [4.78, 5) is 7.04. The van der Waals surface area contributed by atoms with E-state index in [-0.39, 0.29) is 11.6 Å². The fourth-order valence-electron chi connectivity index (χ4n) is 3.92. The number of rotatable bonds is 1. The van der Waals surface area contributed by atoms with Crippen molar-refractivity contribution in [1.29, 1.82) is 0 Å². The Bertz CT molecular complexity index is 686. The molecule has 3 heterocycles. The molecule has 0 amide bonds. The van der Waals surface area contributed by atoms with E-state index in [0.29, 0.717) is 5.92 Å². The van der Waals surface area contributed by atoms with Crippen molar-refractivity contribution in [3.63, 3.8) is 0 Å². The highest BCUT2D eigenvalue weighted by molar-refractivity contribution is 5.86. The van der Waals surface area contributed by atoms with E-state index in [1.165, 1.54) is 5.70 Å². The van der Waals surface area contributed by atoms with E-state index >= 15 is 0 Å². The summed E-state index contributed by atoms with van der Waals surface area (Å²) in [6.45, 7) is 7.05. The number of allylic oxidation sites excluding steroid dienone is 1. The number of nitrogens with two attached hydrogens (primary N) is 1. The normalized spacial score (nSPS) is 25.0. The Kier molecular flexibility index (Phi) is 3.76. The molecule has 3 aliphatic rings. The molecule has 24 heavy (non-hydrogen) atoms. The molecule has 3 N–H and O–H groups in total. The van der Waals surface area contributed by atoms with E-state index in [9.17, 15) is 0 Å². The van der Waals surface area contributed by atoms with Gasteiger partial charge in [0.05, 0.1) is 12.6 Å². The number of hydrogen-bond acceptors (Lipinski definition) is 5. The molecule has 0 unspecified atom stereocenters. The number of nitrogens with zero attached hydrogens (tertiary/aromatic N) is 2. The fraction of sp³-hybridized carbons (Fsp3) is 0.526. The predicted octanol–water partition coefficient (Wildman–Crippen LogP) is 2.41. The van der Waals surface area contributed by atoms with E-state index in [0.717, 1.165) is 49.6 Å². The molecular weight excluding hydrogens is 300 g/mol. The monoisotopic (exact) mass is 326 g/mol. The van der Waals surface area contributed by atoms with Crippen LogP contribution in [0.2, 0.25) is 0 Å². The van der Waals surface area contributed by atoms with Gasteiger partial charge in [0.1, 0.15) is 17.2 Å². The molecule has 4 rings (SSSR count). The minimum Gasteiger partial charge on any atom is -0.485 e. The molecule has 0 saturated carbocycles. The van der Waals surface area contributed by atoms with Crippen molar-refractivity contribution >= 4 is 5.84 Å². The van der Waals surface area contributed by atoms with Crippen LogP contribution in [0, 0.1) is 5.92 Å². The molecule has 0 aliphatic carbocycles. The van der Waals surface area contributed by atoms with Gasteiger partial charge in [0, 0.05) is 43.4 Å². The number of hydrogen-bond donors (Lipinski definition) is 2. The molecule has 1 atom stereocenters. The molecule has 1 aromatic rings. The summed E-state index contributed by atoms with van der Waals surface area (Å²) < 4.78 is 6.31. The summed E-state index contributed by atoms with van der Waals surface area (Å²) in [6, 6.07) is 8.14. The average molecular weight is 326 g/mol. The number of para-hydroxylation sites is 1. The molecule has 1 fully saturated rings. The number of likely N-dealkylation sites (tertiary alicyclic amines) is 1. The van der Waals surface area contributed by atoms with Crippen LogP contribution in [-0.2, 0) is 0 Å². The van der Waals surface area contributed by atoms with Gasteiger partial charge in [0.15, 0.2) is 0 Å². The number of ether oxygens (including phenoxy) is 1. The molecule has 128 valence electrons. The molecule has 1 spiro atoms. The SMILES string of the molecule is CC(C)C1=CN=C(N2CCC3(CC2)Oc2ccccc2[C@H]3N)CN1. The predicted molar refractivity (Wildman–Crippen MR) is 95.9 cm³/mol. The molecule has 1 saturated heterocycles. The highest BCUT2D eigenvalue weighted by Crippen LogP contribution is 2.46. The number of amidine groups is 1. The quantitative estimate of drug-likeness (QED) is 0.832. The van der Waals surface area contributed by atoms with Gasteiger partial charge in [-0.2, -0.15) is 0 Å². The zero-order chi connectivity index (χ0) is 16.7. The Hall–Kier alpha value is -2.01. The van der Waals surface area contributed by atoms with Crippen LogP contribution in [0.25, 0.3) is 0 Å². The smallest absolute Gasteiger partial charge is 0.132 e. The zero-order valence-corrected chi connectivity index (χ0v) is 14.5. The summed E-state index contributed by atoms with van der Waals surface area (Å²) in [5.74, 6) is 2.57. The van der Waals surface area contributed by atoms with Gasteiger partial charge in [-0.15, -0.1) is 0 Å². The van der Waals surface area contributed by atoms with E-state index in [1.807, 2.05) is 24.4 Å². The first-order valence-electron chi connectivity index (χ1n) is 8.88. The first kappa shape index (κ1) is 15.5. The van der Waals surface area contributed by atoms with Crippen molar-refractivity contribution in [1.82, 2.24) is 10.2 Å². The number of fused-ring (bicyclic) bond motifs is 1. The van der Waals surface area contributed by atoms with Crippen LogP contribution in [0.3, 0.4) is 0 Å². The molecule has 0 radical (unpaired) electrons. The van der Waals surface area contributed by atoms with Crippen LogP contribution in [0.4, 0.5) is 0 Å². The first-order chi connectivity index (χ1) is 11.6. The van der Waals surface area contributed by atoms with Crippen LogP contribution in [0.15, 0.2) is 41.2 Å². The van der Waals surface area contributed by atoms with Gasteiger partial charge >= 0.3 is 0 Å². The first-order valence-corrected chi connectivity index (χ1v) is 8.88.